The van der Waals surface area contributed by atoms with Crippen LogP contribution < -0.4 is 4.74 Å². The highest BCUT2D eigenvalue weighted by molar-refractivity contribution is 7.17. The molecule has 0 bridgehead atoms. The molecule has 0 aliphatic heterocycles. The molecule has 2 aromatic carbocycles. The molecular formula is C22H20F2N2OS. The maximum absolute atomic E-state index is 14.8. The van der Waals surface area contributed by atoms with E-state index in [0.717, 1.165) is 21.2 Å². The van der Waals surface area contributed by atoms with Crippen molar-refractivity contribution in [3.63, 3.8) is 0 Å². The molecule has 1 atom stereocenters. The number of fused-ring (bicyclic) bond motifs is 3. The maximum atomic E-state index is 14.8. The van der Waals surface area contributed by atoms with Crippen LogP contribution in [0, 0.1) is 11.6 Å². The SMILES string of the molecule is COc1c(F)c(F)c2ncc3sccc3c2c1-c1ccc(C(C)N(C)C)cc1. The molecule has 0 aliphatic carbocycles. The first-order valence-electron chi connectivity index (χ1n) is 8.91. The van der Waals surface area contributed by atoms with Gasteiger partial charge in [-0.2, -0.15) is 4.39 Å². The van der Waals surface area contributed by atoms with E-state index in [-0.39, 0.29) is 17.3 Å². The van der Waals surface area contributed by atoms with Crippen molar-refractivity contribution in [2.45, 2.75) is 13.0 Å². The zero-order valence-electron chi connectivity index (χ0n) is 16.1. The van der Waals surface area contributed by atoms with Crippen molar-refractivity contribution in [1.29, 1.82) is 0 Å². The van der Waals surface area contributed by atoms with Gasteiger partial charge in [-0.1, -0.05) is 24.3 Å². The number of aromatic nitrogens is 1. The molecule has 0 saturated heterocycles. The summed E-state index contributed by atoms with van der Waals surface area (Å²) < 4.78 is 35.7. The molecule has 4 aromatic rings. The number of pyridine rings is 1. The number of methoxy groups -OCH3 is 1. The van der Waals surface area contributed by atoms with Gasteiger partial charge in [0.05, 0.1) is 11.8 Å². The molecule has 0 amide bonds. The van der Waals surface area contributed by atoms with Crippen molar-refractivity contribution < 1.29 is 13.5 Å². The molecular weight excluding hydrogens is 378 g/mol. The number of ether oxygens (including phenoxy) is 1. The number of benzene rings is 2. The van der Waals surface area contributed by atoms with Gasteiger partial charge >= 0.3 is 0 Å². The molecule has 3 nitrogen and oxygen atoms in total. The smallest absolute Gasteiger partial charge is 0.203 e. The number of nitrogens with zero attached hydrogens (tertiary/aromatic N) is 2. The number of rotatable bonds is 4. The van der Waals surface area contributed by atoms with Gasteiger partial charge in [0.2, 0.25) is 5.82 Å². The highest BCUT2D eigenvalue weighted by Gasteiger charge is 2.24. The fourth-order valence-electron chi connectivity index (χ4n) is 3.48. The Balaban J connectivity index is 2.05. The van der Waals surface area contributed by atoms with E-state index in [4.69, 9.17) is 4.74 Å². The highest BCUT2D eigenvalue weighted by atomic mass is 32.1. The van der Waals surface area contributed by atoms with Gasteiger partial charge in [0, 0.05) is 28.6 Å². The average Bonchev–Trinajstić information content (AvgIpc) is 3.18. The molecule has 0 aliphatic rings. The standard InChI is InChI=1S/C22H20F2N2OS/c1-12(26(2)3)13-5-7-14(8-6-13)17-18-15-9-10-28-16(15)11-25-21(18)19(23)20(24)22(17)27-4/h5-12H,1-4H3. The zero-order valence-corrected chi connectivity index (χ0v) is 16.9. The van der Waals surface area contributed by atoms with Gasteiger partial charge in [0.1, 0.15) is 5.52 Å². The summed E-state index contributed by atoms with van der Waals surface area (Å²) in [6, 6.07) is 10.0. The summed E-state index contributed by atoms with van der Waals surface area (Å²) in [4.78, 5) is 6.32. The molecule has 2 heterocycles. The van der Waals surface area contributed by atoms with E-state index >= 15 is 0 Å². The number of halogens is 2. The second kappa shape index (κ2) is 7.11. The van der Waals surface area contributed by atoms with E-state index in [0.29, 0.717) is 10.9 Å². The van der Waals surface area contributed by atoms with Crippen LogP contribution in [0.5, 0.6) is 5.75 Å². The van der Waals surface area contributed by atoms with Gasteiger partial charge in [-0.15, -0.1) is 11.3 Å². The van der Waals surface area contributed by atoms with Gasteiger partial charge in [0.15, 0.2) is 11.6 Å². The third-order valence-corrected chi connectivity index (χ3v) is 6.10. The van der Waals surface area contributed by atoms with Crippen molar-refractivity contribution >= 4 is 32.3 Å². The zero-order chi connectivity index (χ0) is 20.0. The van der Waals surface area contributed by atoms with Crippen LogP contribution in [0.3, 0.4) is 0 Å². The van der Waals surface area contributed by atoms with E-state index in [1.54, 1.807) is 6.20 Å². The van der Waals surface area contributed by atoms with Crippen molar-refractivity contribution in [3.05, 3.63) is 59.1 Å². The van der Waals surface area contributed by atoms with Crippen LogP contribution in [0.4, 0.5) is 8.78 Å². The lowest BCUT2D eigenvalue weighted by Gasteiger charge is -2.21. The van der Waals surface area contributed by atoms with Crippen LogP contribution in [0.15, 0.2) is 41.9 Å². The van der Waals surface area contributed by atoms with Crippen LogP contribution in [0.25, 0.3) is 32.1 Å². The quantitative estimate of drug-likeness (QED) is 0.420. The summed E-state index contributed by atoms with van der Waals surface area (Å²) in [6.07, 6.45) is 1.59. The van der Waals surface area contributed by atoms with Crippen molar-refractivity contribution in [2.24, 2.45) is 0 Å². The van der Waals surface area contributed by atoms with Gasteiger partial charge in [-0.25, -0.2) is 4.39 Å². The molecule has 0 N–H and O–H groups in total. The monoisotopic (exact) mass is 398 g/mol. The Labute approximate surface area is 166 Å². The Hall–Kier alpha value is -2.57. The molecule has 0 fully saturated rings. The minimum atomic E-state index is -1.02. The van der Waals surface area contributed by atoms with Gasteiger partial charge in [-0.05, 0) is 43.6 Å². The van der Waals surface area contributed by atoms with Crippen molar-refractivity contribution in [1.82, 2.24) is 9.88 Å². The Morgan fingerprint density at radius 2 is 1.79 bits per heavy atom. The lowest BCUT2D eigenvalue weighted by atomic mass is 9.95. The van der Waals surface area contributed by atoms with E-state index in [2.05, 4.69) is 16.8 Å². The first-order valence-corrected chi connectivity index (χ1v) is 9.79. The summed E-state index contributed by atoms with van der Waals surface area (Å²) in [7, 11) is 5.39. The van der Waals surface area contributed by atoms with Crippen LogP contribution in [0.2, 0.25) is 0 Å². The molecule has 0 saturated carbocycles. The Kier molecular flexibility index (Phi) is 4.77. The summed E-state index contributed by atoms with van der Waals surface area (Å²) >= 11 is 1.51. The Morgan fingerprint density at radius 3 is 2.43 bits per heavy atom. The number of hydrogen-bond acceptors (Lipinski definition) is 4. The lowest BCUT2D eigenvalue weighted by Crippen LogP contribution is -2.16. The largest absolute Gasteiger partial charge is 0.493 e. The van der Waals surface area contributed by atoms with Crippen molar-refractivity contribution in [3.8, 4) is 16.9 Å². The second-order valence-corrected chi connectivity index (χ2v) is 7.93. The maximum Gasteiger partial charge on any atom is 0.203 e. The molecule has 2 aromatic heterocycles. The molecule has 28 heavy (non-hydrogen) atoms. The minimum Gasteiger partial charge on any atom is -0.493 e. The van der Waals surface area contributed by atoms with E-state index in [1.807, 2.05) is 49.8 Å². The summed E-state index contributed by atoms with van der Waals surface area (Å²) in [5.41, 5.74) is 2.44. The highest BCUT2D eigenvalue weighted by Crippen LogP contribution is 2.44. The predicted molar refractivity (Wildman–Crippen MR) is 111 cm³/mol. The lowest BCUT2D eigenvalue weighted by molar-refractivity contribution is 0.321. The molecule has 1 unspecified atom stereocenters. The molecule has 6 heteroatoms. The third-order valence-electron chi connectivity index (χ3n) is 5.25. The fourth-order valence-corrected chi connectivity index (χ4v) is 4.24. The van der Waals surface area contributed by atoms with Gasteiger partial charge in [0.25, 0.3) is 0 Å². The van der Waals surface area contributed by atoms with Crippen LogP contribution in [-0.2, 0) is 0 Å². The third kappa shape index (κ3) is 2.84. The molecule has 0 spiro atoms. The summed E-state index contributed by atoms with van der Waals surface area (Å²) in [6.45, 7) is 2.11. The minimum absolute atomic E-state index is 0.0185. The predicted octanol–water partition coefficient (Wildman–Crippen LogP) is 6.03. The summed E-state index contributed by atoms with van der Waals surface area (Å²) in [5, 5.41) is 3.33. The second-order valence-electron chi connectivity index (χ2n) is 6.98. The first kappa shape index (κ1) is 18.8. The number of hydrogen-bond donors (Lipinski definition) is 0. The fraction of sp³-hybridized carbons (Fsp3) is 0.227. The Morgan fingerprint density at radius 1 is 1.07 bits per heavy atom. The van der Waals surface area contributed by atoms with Gasteiger partial charge in [-0.3, -0.25) is 4.98 Å². The average molecular weight is 398 g/mol. The van der Waals surface area contributed by atoms with Gasteiger partial charge < -0.3 is 9.64 Å². The van der Waals surface area contributed by atoms with E-state index in [9.17, 15) is 8.78 Å². The molecule has 144 valence electrons. The van der Waals surface area contributed by atoms with Crippen LogP contribution in [-0.4, -0.2) is 31.1 Å². The van der Waals surface area contributed by atoms with E-state index in [1.165, 1.54) is 18.4 Å². The van der Waals surface area contributed by atoms with Crippen molar-refractivity contribution in [2.75, 3.05) is 21.2 Å². The Bertz CT molecular complexity index is 1170. The topological polar surface area (TPSA) is 25.4 Å². The molecule has 0 radical (unpaired) electrons. The first-order chi connectivity index (χ1) is 13.4. The van der Waals surface area contributed by atoms with Crippen LogP contribution in [0.1, 0.15) is 18.5 Å². The molecule has 4 rings (SSSR count). The van der Waals surface area contributed by atoms with Crippen LogP contribution >= 0.6 is 11.3 Å². The number of thiophene rings is 1. The normalized spacial score (nSPS) is 12.8. The van der Waals surface area contributed by atoms with E-state index < -0.39 is 11.6 Å². The summed E-state index contributed by atoms with van der Waals surface area (Å²) in [5.74, 6) is -2.10.